The summed E-state index contributed by atoms with van der Waals surface area (Å²) in [7, 11) is 0. The van der Waals surface area contributed by atoms with Crippen LogP contribution in [0.25, 0.3) is 11.3 Å². The maximum absolute atomic E-state index is 12.8. The van der Waals surface area contributed by atoms with Gasteiger partial charge < -0.3 is 9.72 Å². The lowest BCUT2D eigenvalue weighted by atomic mass is 10.1. The minimum absolute atomic E-state index is 0.0538. The number of hydrogen-bond donors (Lipinski definition) is 1. The van der Waals surface area contributed by atoms with Crippen LogP contribution >= 0.6 is 12.2 Å². The van der Waals surface area contributed by atoms with Crippen molar-refractivity contribution in [2.45, 2.75) is 25.1 Å². The van der Waals surface area contributed by atoms with Crippen LogP contribution in [0.1, 0.15) is 18.4 Å². The van der Waals surface area contributed by atoms with Crippen molar-refractivity contribution in [1.82, 2.24) is 4.98 Å². The summed E-state index contributed by atoms with van der Waals surface area (Å²) < 4.78 is 44.1. The smallest absolute Gasteiger partial charge is 0.416 e. The third-order valence-corrected chi connectivity index (χ3v) is 3.38. The molecule has 0 aliphatic heterocycles. The van der Waals surface area contributed by atoms with Gasteiger partial charge in [0.05, 0.1) is 11.7 Å². The highest BCUT2D eigenvalue weighted by molar-refractivity contribution is 7.71. The van der Waals surface area contributed by atoms with E-state index in [1.54, 1.807) is 24.3 Å². The number of halogens is 3. The molecule has 0 saturated heterocycles. The molecule has 1 heterocycles. The van der Waals surface area contributed by atoms with Crippen molar-refractivity contribution in [3.8, 4) is 17.0 Å². The molecule has 2 nitrogen and oxygen atoms in total. The van der Waals surface area contributed by atoms with Gasteiger partial charge in [0.1, 0.15) is 10.4 Å². The van der Waals surface area contributed by atoms with Gasteiger partial charge in [0.25, 0.3) is 0 Å². The molecule has 1 N–H and O–H groups in total. The number of aromatic nitrogens is 1. The first kappa shape index (κ1) is 14.1. The Morgan fingerprint density at radius 3 is 2.33 bits per heavy atom. The third kappa shape index (κ3) is 3.44. The zero-order chi connectivity index (χ0) is 15.0. The topological polar surface area (TPSA) is 25.0 Å². The number of pyridine rings is 1. The second kappa shape index (κ2) is 5.18. The van der Waals surface area contributed by atoms with Crippen LogP contribution < -0.4 is 4.74 Å². The zero-order valence-corrected chi connectivity index (χ0v) is 11.7. The lowest BCUT2D eigenvalue weighted by molar-refractivity contribution is -0.137. The molecule has 110 valence electrons. The number of aromatic amines is 1. The summed E-state index contributed by atoms with van der Waals surface area (Å²) in [6.07, 6.45) is -2.01. The molecule has 0 atom stereocenters. The van der Waals surface area contributed by atoms with Crippen LogP contribution in [-0.4, -0.2) is 11.1 Å². The average molecular weight is 311 g/mol. The van der Waals surface area contributed by atoms with Gasteiger partial charge in [0.2, 0.25) is 0 Å². The molecule has 2 aromatic rings. The first-order chi connectivity index (χ1) is 9.91. The van der Waals surface area contributed by atoms with Gasteiger partial charge in [-0.05, 0) is 54.8 Å². The number of alkyl halides is 3. The molecule has 1 aliphatic rings. The summed E-state index contributed by atoms with van der Waals surface area (Å²) in [5.74, 6) is 0.729. The number of benzene rings is 1. The fourth-order valence-electron chi connectivity index (χ4n) is 1.95. The molecule has 0 bridgehead atoms. The Morgan fingerprint density at radius 2 is 1.76 bits per heavy atom. The molecule has 0 amide bonds. The summed E-state index contributed by atoms with van der Waals surface area (Å²) in [6, 6.07) is 8.93. The van der Waals surface area contributed by atoms with E-state index in [0.29, 0.717) is 11.3 Å². The predicted octanol–water partition coefficient (Wildman–Crippen LogP) is 4.97. The van der Waals surface area contributed by atoms with Gasteiger partial charge >= 0.3 is 6.18 Å². The second-order valence-corrected chi connectivity index (χ2v) is 5.43. The number of nitrogens with one attached hydrogen (secondary N) is 1. The third-order valence-electron chi connectivity index (χ3n) is 3.16. The molecule has 1 aromatic heterocycles. The van der Waals surface area contributed by atoms with E-state index in [2.05, 4.69) is 4.98 Å². The van der Waals surface area contributed by atoms with Gasteiger partial charge in [-0.25, -0.2) is 0 Å². The van der Waals surface area contributed by atoms with Crippen LogP contribution in [0.2, 0.25) is 0 Å². The molecule has 0 spiro atoms. The second-order valence-electron chi connectivity index (χ2n) is 4.99. The zero-order valence-electron chi connectivity index (χ0n) is 10.9. The number of rotatable bonds is 3. The normalized spacial score (nSPS) is 15.0. The largest absolute Gasteiger partial charge is 0.490 e. The van der Waals surface area contributed by atoms with E-state index in [4.69, 9.17) is 17.0 Å². The van der Waals surface area contributed by atoms with Crippen LogP contribution in [0.15, 0.2) is 36.4 Å². The van der Waals surface area contributed by atoms with E-state index >= 15 is 0 Å². The summed E-state index contributed by atoms with van der Waals surface area (Å²) in [4.78, 5) is 2.78. The van der Waals surface area contributed by atoms with Crippen molar-refractivity contribution in [3.63, 3.8) is 0 Å². The Morgan fingerprint density at radius 1 is 1.10 bits per heavy atom. The van der Waals surface area contributed by atoms with Crippen LogP contribution in [0.3, 0.4) is 0 Å². The molecule has 21 heavy (non-hydrogen) atoms. The van der Waals surface area contributed by atoms with Crippen LogP contribution in [0.4, 0.5) is 13.2 Å². The van der Waals surface area contributed by atoms with Crippen molar-refractivity contribution >= 4 is 12.2 Å². The van der Waals surface area contributed by atoms with Crippen molar-refractivity contribution in [2.75, 3.05) is 0 Å². The standard InChI is InChI=1S/C15H12F3NOS/c16-15(17,18)10-7-13(19-14(21)8-10)9-1-3-11(4-2-9)20-12-5-6-12/h1-4,7-8,12H,5-6H2,(H,19,21). The summed E-state index contributed by atoms with van der Waals surface area (Å²) >= 11 is 4.87. The van der Waals surface area contributed by atoms with Crippen molar-refractivity contribution < 1.29 is 17.9 Å². The minimum atomic E-state index is -4.41. The van der Waals surface area contributed by atoms with E-state index in [1.807, 2.05) is 0 Å². The molecule has 1 fully saturated rings. The molecule has 1 aliphatic carbocycles. The molecule has 0 radical (unpaired) electrons. The highest BCUT2D eigenvalue weighted by Gasteiger charge is 2.31. The van der Waals surface area contributed by atoms with Gasteiger partial charge in [-0.1, -0.05) is 12.2 Å². The first-order valence-corrected chi connectivity index (χ1v) is 6.91. The molecule has 1 saturated carbocycles. The SMILES string of the molecule is FC(F)(F)c1cc(-c2ccc(OC3CC3)cc2)[nH]c(=S)c1. The van der Waals surface area contributed by atoms with Crippen molar-refractivity contribution in [1.29, 1.82) is 0 Å². The quantitative estimate of drug-likeness (QED) is 0.809. The lowest BCUT2D eigenvalue weighted by Crippen LogP contribution is -2.05. The highest BCUT2D eigenvalue weighted by atomic mass is 32.1. The van der Waals surface area contributed by atoms with E-state index in [1.165, 1.54) is 0 Å². The van der Waals surface area contributed by atoms with Crippen LogP contribution in [0, 0.1) is 4.64 Å². The van der Waals surface area contributed by atoms with E-state index in [9.17, 15) is 13.2 Å². The maximum atomic E-state index is 12.8. The predicted molar refractivity (Wildman–Crippen MR) is 75.7 cm³/mol. The molecule has 3 rings (SSSR count). The van der Waals surface area contributed by atoms with Gasteiger partial charge in [0.15, 0.2) is 0 Å². The lowest BCUT2D eigenvalue weighted by Gasteiger charge is -2.10. The van der Waals surface area contributed by atoms with Gasteiger partial charge in [0, 0.05) is 5.69 Å². The number of H-pyrrole nitrogens is 1. The summed E-state index contributed by atoms with van der Waals surface area (Å²) in [6.45, 7) is 0. The molecule has 0 unspecified atom stereocenters. The monoisotopic (exact) mass is 311 g/mol. The van der Waals surface area contributed by atoms with Crippen molar-refractivity contribution in [2.24, 2.45) is 0 Å². The molecular weight excluding hydrogens is 299 g/mol. The Labute approximate surface area is 124 Å². The van der Waals surface area contributed by atoms with E-state index in [0.717, 1.165) is 30.7 Å². The van der Waals surface area contributed by atoms with Gasteiger partial charge in [-0.2, -0.15) is 13.2 Å². The fraction of sp³-hybridized carbons (Fsp3) is 0.267. The Bertz CT molecular complexity index is 702. The van der Waals surface area contributed by atoms with Crippen molar-refractivity contribution in [3.05, 3.63) is 46.6 Å². The molecule has 6 heteroatoms. The highest BCUT2D eigenvalue weighted by Crippen LogP contribution is 2.32. The van der Waals surface area contributed by atoms with E-state index < -0.39 is 11.7 Å². The fourth-order valence-corrected chi connectivity index (χ4v) is 2.19. The van der Waals surface area contributed by atoms with E-state index in [-0.39, 0.29) is 10.7 Å². The molecule has 1 aromatic carbocycles. The molecular formula is C15H12F3NOS. The average Bonchev–Trinajstić information content (AvgIpc) is 3.22. The Hall–Kier alpha value is -1.82. The summed E-state index contributed by atoms with van der Waals surface area (Å²) in [5, 5.41) is 0. The first-order valence-electron chi connectivity index (χ1n) is 6.50. The van der Waals surface area contributed by atoms with Crippen LogP contribution in [0.5, 0.6) is 5.75 Å². The van der Waals surface area contributed by atoms with Gasteiger partial charge in [-0.3, -0.25) is 0 Å². The Kier molecular flexibility index (Phi) is 3.49. The minimum Gasteiger partial charge on any atom is -0.490 e. The summed E-state index contributed by atoms with van der Waals surface area (Å²) in [5.41, 5.74) is 0.225. The maximum Gasteiger partial charge on any atom is 0.416 e. The Balaban J connectivity index is 1.92. The number of hydrogen-bond acceptors (Lipinski definition) is 2. The van der Waals surface area contributed by atoms with Gasteiger partial charge in [-0.15, -0.1) is 0 Å². The van der Waals surface area contributed by atoms with Crippen LogP contribution in [-0.2, 0) is 6.18 Å². The number of ether oxygens (including phenoxy) is 1.